The number of ether oxygens (including phenoxy) is 1. The lowest BCUT2D eigenvalue weighted by molar-refractivity contribution is 0.343. The zero-order chi connectivity index (χ0) is 14.4. The van der Waals surface area contributed by atoms with Crippen molar-refractivity contribution >= 4 is 11.8 Å². The maximum absolute atomic E-state index is 5.69. The Morgan fingerprint density at radius 1 is 1.20 bits per heavy atom. The molecule has 0 radical (unpaired) electrons. The largest absolute Gasteiger partial charge is 0.493 e. The molecule has 6 heteroatoms. The van der Waals surface area contributed by atoms with Gasteiger partial charge in [0.15, 0.2) is 5.16 Å². The van der Waals surface area contributed by atoms with E-state index in [0.29, 0.717) is 13.2 Å². The molecule has 5 nitrogen and oxygen atoms in total. The Hall–Kier alpha value is -1.53. The second kappa shape index (κ2) is 7.31. The maximum atomic E-state index is 5.69. The van der Waals surface area contributed by atoms with Gasteiger partial charge >= 0.3 is 0 Å². The fraction of sp³-hybridized carbons (Fsp3) is 0.429. The first kappa shape index (κ1) is 14.9. The van der Waals surface area contributed by atoms with E-state index in [2.05, 4.69) is 17.1 Å². The fourth-order valence-electron chi connectivity index (χ4n) is 1.78. The minimum Gasteiger partial charge on any atom is -0.493 e. The molecule has 108 valence electrons. The lowest BCUT2D eigenvalue weighted by atomic mass is 10.2. The summed E-state index contributed by atoms with van der Waals surface area (Å²) in [6.45, 7) is 5.98. The minimum absolute atomic E-state index is 0.590. The van der Waals surface area contributed by atoms with Crippen LogP contribution in [0.15, 0.2) is 29.4 Å². The van der Waals surface area contributed by atoms with Crippen molar-refractivity contribution in [2.24, 2.45) is 5.73 Å². The van der Waals surface area contributed by atoms with Crippen molar-refractivity contribution in [3.05, 3.63) is 35.7 Å². The Labute approximate surface area is 123 Å². The molecule has 0 spiro atoms. The van der Waals surface area contributed by atoms with E-state index in [1.807, 2.05) is 35.8 Å². The first-order valence-electron chi connectivity index (χ1n) is 6.63. The zero-order valence-corrected chi connectivity index (χ0v) is 12.7. The van der Waals surface area contributed by atoms with Gasteiger partial charge in [-0.15, -0.1) is 10.2 Å². The Morgan fingerprint density at radius 3 is 2.65 bits per heavy atom. The van der Waals surface area contributed by atoms with Crippen LogP contribution in [0.5, 0.6) is 5.75 Å². The normalized spacial score (nSPS) is 10.8. The number of nitrogens with zero attached hydrogens (tertiary/aromatic N) is 3. The molecular weight excluding hydrogens is 272 g/mol. The van der Waals surface area contributed by atoms with Crippen LogP contribution >= 0.6 is 11.8 Å². The molecular formula is C14H20N4OS. The van der Waals surface area contributed by atoms with Gasteiger partial charge in [0.05, 0.1) is 6.61 Å². The number of hydrogen-bond acceptors (Lipinski definition) is 5. The van der Waals surface area contributed by atoms with Gasteiger partial charge in [-0.25, -0.2) is 0 Å². The van der Waals surface area contributed by atoms with Crippen LogP contribution in [0, 0.1) is 13.8 Å². The molecule has 0 bridgehead atoms. The second-order valence-electron chi connectivity index (χ2n) is 4.48. The molecule has 2 rings (SSSR count). The first-order valence-corrected chi connectivity index (χ1v) is 7.61. The van der Waals surface area contributed by atoms with Crippen LogP contribution in [-0.2, 0) is 6.54 Å². The molecule has 0 atom stereocenters. The highest BCUT2D eigenvalue weighted by Crippen LogP contribution is 2.17. The summed E-state index contributed by atoms with van der Waals surface area (Å²) in [5, 5.41) is 9.14. The molecule has 2 N–H and O–H groups in total. The third-order valence-electron chi connectivity index (χ3n) is 2.86. The van der Waals surface area contributed by atoms with E-state index in [1.165, 1.54) is 5.56 Å². The van der Waals surface area contributed by atoms with E-state index in [-0.39, 0.29) is 0 Å². The molecule has 0 aliphatic rings. The molecule has 1 aromatic carbocycles. The highest BCUT2D eigenvalue weighted by atomic mass is 32.2. The molecule has 1 heterocycles. The lowest BCUT2D eigenvalue weighted by Gasteiger charge is -2.08. The van der Waals surface area contributed by atoms with Gasteiger partial charge < -0.3 is 15.0 Å². The molecule has 0 unspecified atom stereocenters. The molecule has 0 amide bonds. The quantitative estimate of drug-likeness (QED) is 0.625. The SMILES string of the molecule is Cc1ccc(OCCSc2nnc(C)n2CCN)cc1. The Morgan fingerprint density at radius 2 is 1.95 bits per heavy atom. The summed E-state index contributed by atoms with van der Waals surface area (Å²) in [4.78, 5) is 0. The van der Waals surface area contributed by atoms with Crippen molar-refractivity contribution in [3.8, 4) is 5.75 Å². The topological polar surface area (TPSA) is 66.0 Å². The van der Waals surface area contributed by atoms with Crippen LogP contribution in [0.25, 0.3) is 0 Å². The number of nitrogens with two attached hydrogens (primary N) is 1. The average molecular weight is 292 g/mol. The van der Waals surface area contributed by atoms with E-state index in [0.717, 1.165) is 29.0 Å². The monoisotopic (exact) mass is 292 g/mol. The summed E-state index contributed by atoms with van der Waals surface area (Å²) in [5.41, 5.74) is 6.82. The fourth-order valence-corrected chi connectivity index (χ4v) is 2.61. The molecule has 0 saturated heterocycles. The Balaban J connectivity index is 1.80. The van der Waals surface area contributed by atoms with Gasteiger partial charge in [-0.2, -0.15) is 0 Å². The summed E-state index contributed by atoms with van der Waals surface area (Å²) in [5.74, 6) is 2.63. The summed E-state index contributed by atoms with van der Waals surface area (Å²) in [6, 6.07) is 8.07. The average Bonchev–Trinajstić information content (AvgIpc) is 2.79. The molecule has 0 aliphatic carbocycles. The lowest BCUT2D eigenvalue weighted by Crippen LogP contribution is -2.12. The summed E-state index contributed by atoms with van der Waals surface area (Å²) in [7, 11) is 0. The van der Waals surface area contributed by atoms with E-state index in [4.69, 9.17) is 10.5 Å². The van der Waals surface area contributed by atoms with Crippen molar-refractivity contribution in [2.75, 3.05) is 18.9 Å². The van der Waals surface area contributed by atoms with Crippen LogP contribution in [0.3, 0.4) is 0 Å². The molecule has 0 fully saturated rings. The number of hydrogen-bond donors (Lipinski definition) is 1. The predicted octanol–water partition coefficient (Wildman–Crippen LogP) is 2.02. The molecule has 0 aliphatic heterocycles. The van der Waals surface area contributed by atoms with Gasteiger partial charge in [-0.05, 0) is 26.0 Å². The maximum Gasteiger partial charge on any atom is 0.191 e. The van der Waals surface area contributed by atoms with Gasteiger partial charge in [0, 0.05) is 18.8 Å². The summed E-state index contributed by atoms with van der Waals surface area (Å²) in [6.07, 6.45) is 0. The van der Waals surface area contributed by atoms with E-state index >= 15 is 0 Å². The summed E-state index contributed by atoms with van der Waals surface area (Å²) < 4.78 is 7.72. The van der Waals surface area contributed by atoms with Crippen LogP contribution in [0.4, 0.5) is 0 Å². The van der Waals surface area contributed by atoms with Gasteiger partial charge in [0.1, 0.15) is 11.6 Å². The number of benzene rings is 1. The first-order chi connectivity index (χ1) is 9.70. The molecule has 1 aromatic heterocycles. The third kappa shape index (κ3) is 3.98. The Kier molecular flexibility index (Phi) is 5.43. The highest BCUT2D eigenvalue weighted by Gasteiger charge is 2.08. The van der Waals surface area contributed by atoms with Crippen LogP contribution in [0.1, 0.15) is 11.4 Å². The Bertz CT molecular complexity index is 539. The van der Waals surface area contributed by atoms with Crippen molar-refractivity contribution in [3.63, 3.8) is 0 Å². The number of aromatic nitrogens is 3. The standard InChI is InChI=1S/C14H20N4OS/c1-11-3-5-13(6-4-11)19-9-10-20-14-17-16-12(2)18(14)8-7-15/h3-6H,7-10,15H2,1-2H3. The molecule has 2 aromatic rings. The highest BCUT2D eigenvalue weighted by molar-refractivity contribution is 7.99. The number of thioether (sulfide) groups is 1. The van der Waals surface area contributed by atoms with Gasteiger partial charge in [0.2, 0.25) is 0 Å². The van der Waals surface area contributed by atoms with Crippen molar-refractivity contribution in [1.82, 2.24) is 14.8 Å². The molecule has 0 saturated carbocycles. The number of rotatable bonds is 7. The molecule has 20 heavy (non-hydrogen) atoms. The zero-order valence-electron chi connectivity index (χ0n) is 11.9. The minimum atomic E-state index is 0.590. The van der Waals surface area contributed by atoms with E-state index < -0.39 is 0 Å². The van der Waals surface area contributed by atoms with Gasteiger partial charge in [-0.1, -0.05) is 29.5 Å². The van der Waals surface area contributed by atoms with E-state index in [1.54, 1.807) is 11.8 Å². The number of aryl methyl sites for hydroxylation is 2. The van der Waals surface area contributed by atoms with Gasteiger partial charge in [0.25, 0.3) is 0 Å². The van der Waals surface area contributed by atoms with Crippen molar-refractivity contribution in [2.45, 2.75) is 25.5 Å². The van der Waals surface area contributed by atoms with Crippen molar-refractivity contribution < 1.29 is 4.74 Å². The van der Waals surface area contributed by atoms with Crippen LogP contribution in [0.2, 0.25) is 0 Å². The third-order valence-corrected chi connectivity index (χ3v) is 3.79. The predicted molar refractivity (Wildman–Crippen MR) is 81.2 cm³/mol. The van der Waals surface area contributed by atoms with E-state index in [9.17, 15) is 0 Å². The second-order valence-corrected chi connectivity index (χ2v) is 5.54. The van der Waals surface area contributed by atoms with Crippen LogP contribution < -0.4 is 10.5 Å². The summed E-state index contributed by atoms with van der Waals surface area (Å²) >= 11 is 1.64. The van der Waals surface area contributed by atoms with Crippen molar-refractivity contribution in [1.29, 1.82) is 0 Å². The van der Waals surface area contributed by atoms with Gasteiger partial charge in [-0.3, -0.25) is 0 Å². The smallest absolute Gasteiger partial charge is 0.191 e. The van der Waals surface area contributed by atoms with Crippen LogP contribution in [-0.4, -0.2) is 33.7 Å².